The van der Waals surface area contributed by atoms with E-state index >= 15 is 0 Å². The van der Waals surface area contributed by atoms with E-state index in [-0.39, 0.29) is 0 Å². The number of carboxylic acids is 1. The number of hydrogen-bond donors (Lipinski definition) is 1. The Hall–Kier alpha value is -2.49. The molecular weight excluding hydrogens is 280 g/mol. The van der Waals surface area contributed by atoms with E-state index in [0.29, 0.717) is 24.5 Å². The number of rotatable bonds is 7. The van der Waals surface area contributed by atoms with E-state index in [1.54, 1.807) is 38.1 Å². The first-order chi connectivity index (χ1) is 10.5. The predicted molar refractivity (Wildman–Crippen MR) is 84.2 cm³/mol. The SMILES string of the molecule is CCC(C)(Oc1ccc(OCc2ccccc2)cc1)C(=O)O. The van der Waals surface area contributed by atoms with Gasteiger partial charge in [0.25, 0.3) is 0 Å². The minimum Gasteiger partial charge on any atom is -0.489 e. The highest BCUT2D eigenvalue weighted by Gasteiger charge is 2.33. The van der Waals surface area contributed by atoms with Gasteiger partial charge in [0.05, 0.1) is 0 Å². The van der Waals surface area contributed by atoms with Crippen LogP contribution in [0.25, 0.3) is 0 Å². The van der Waals surface area contributed by atoms with Crippen molar-refractivity contribution in [1.82, 2.24) is 0 Å². The second-order valence-corrected chi connectivity index (χ2v) is 5.24. The minimum absolute atomic E-state index is 0.384. The molecule has 2 aromatic carbocycles. The van der Waals surface area contributed by atoms with E-state index in [2.05, 4.69) is 0 Å². The predicted octanol–water partition coefficient (Wildman–Crippen LogP) is 3.90. The Balaban J connectivity index is 1.97. The van der Waals surface area contributed by atoms with Gasteiger partial charge in [-0.1, -0.05) is 37.3 Å². The fraction of sp³-hybridized carbons (Fsp3) is 0.278. The largest absolute Gasteiger partial charge is 0.489 e. The molecule has 1 atom stereocenters. The molecule has 2 aromatic rings. The molecule has 1 unspecified atom stereocenters. The summed E-state index contributed by atoms with van der Waals surface area (Å²) in [7, 11) is 0. The van der Waals surface area contributed by atoms with Crippen LogP contribution in [0.3, 0.4) is 0 Å². The van der Waals surface area contributed by atoms with Gasteiger partial charge in [0.15, 0.2) is 0 Å². The molecule has 0 radical (unpaired) electrons. The van der Waals surface area contributed by atoms with Crippen LogP contribution in [0.15, 0.2) is 54.6 Å². The van der Waals surface area contributed by atoms with Crippen LogP contribution >= 0.6 is 0 Å². The van der Waals surface area contributed by atoms with Gasteiger partial charge in [0.1, 0.15) is 18.1 Å². The van der Waals surface area contributed by atoms with Crippen LogP contribution in [0.4, 0.5) is 0 Å². The van der Waals surface area contributed by atoms with E-state index < -0.39 is 11.6 Å². The Morgan fingerprint density at radius 3 is 2.18 bits per heavy atom. The highest BCUT2D eigenvalue weighted by molar-refractivity contribution is 5.77. The highest BCUT2D eigenvalue weighted by atomic mass is 16.5. The van der Waals surface area contributed by atoms with Gasteiger partial charge in [-0.05, 0) is 43.2 Å². The summed E-state index contributed by atoms with van der Waals surface area (Å²) in [6.45, 7) is 3.84. The highest BCUT2D eigenvalue weighted by Crippen LogP contribution is 2.24. The van der Waals surface area contributed by atoms with Crippen molar-refractivity contribution in [3.63, 3.8) is 0 Å². The Kier molecular flexibility index (Phi) is 5.04. The third-order valence-electron chi connectivity index (χ3n) is 3.54. The summed E-state index contributed by atoms with van der Waals surface area (Å²) < 4.78 is 11.3. The molecule has 116 valence electrons. The Bertz CT molecular complexity index is 607. The molecule has 0 aromatic heterocycles. The zero-order valence-corrected chi connectivity index (χ0v) is 12.8. The first-order valence-corrected chi connectivity index (χ1v) is 7.23. The molecule has 0 bridgehead atoms. The zero-order chi connectivity index (χ0) is 16.0. The van der Waals surface area contributed by atoms with Crippen molar-refractivity contribution in [1.29, 1.82) is 0 Å². The summed E-state index contributed by atoms with van der Waals surface area (Å²) in [6.07, 6.45) is 0.384. The van der Waals surface area contributed by atoms with E-state index in [4.69, 9.17) is 9.47 Å². The number of aliphatic carboxylic acids is 1. The second kappa shape index (κ2) is 6.98. The summed E-state index contributed by atoms with van der Waals surface area (Å²) in [6, 6.07) is 16.9. The number of benzene rings is 2. The molecule has 0 aliphatic heterocycles. The van der Waals surface area contributed by atoms with Crippen LogP contribution < -0.4 is 9.47 Å². The van der Waals surface area contributed by atoms with Gasteiger partial charge in [0, 0.05) is 0 Å². The van der Waals surface area contributed by atoms with Gasteiger partial charge in [-0.3, -0.25) is 0 Å². The van der Waals surface area contributed by atoms with E-state index in [1.165, 1.54) is 0 Å². The van der Waals surface area contributed by atoms with Crippen LogP contribution in [0.1, 0.15) is 25.8 Å². The van der Waals surface area contributed by atoms with Crippen molar-refractivity contribution < 1.29 is 19.4 Å². The summed E-state index contributed by atoms with van der Waals surface area (Å²) in [5.41, 5.74) is -0.126. The summed E-state index contributed by atoms with van der Waals surface area (Å²) in [5.74, 6) is 0.253. The average molecular weight is 300 g/mol. The van der Waals surface area contributed by atoms with Crippen molar-refractivity contribution in [2.45, 2.75) is 32.5 Å². The maximum Gasteiger partial charge on any atom is 0.347 e. The lowest BCUT2D eigenvalue weighted by molar-refractivity contribution is -0.154. The van der Waals surface area contributed by atoms with Crippen LogP contribution in [0.2, 0.25) is 0 Å². The maximum absolute atomic E-state index is 11.2. The maximum atomic E-state index is 11.2. The first-order valence-electron chi connectivity index (χ1n) is 7.23. The number of carbonyl (C=O) groups is 1. The molecule has 0 amide bonds. The number of hydrogen-bond acceptors (Lipinski definition) is 3. The van der Waals surface area contributed by atoms with Gasteiger partial charge >= 0.3 is 5.97 Å². The normalized spacial score (nSPS) is 13.2. The molecule has 0 saturated carbocycles. The van der Waals surface area contributed by atoms with Crippen molar-refractivity contribution in [3.8, 4) is 11.5 Å². The molecule has 1 N–H and O–H groups in total. The van der Waals surface area contributed by atoms with E-state index in [1.807, 2.05) is 30.3 Å². The lowest BCUT2D eigenvalue weighted by Crippen LogP contribution is -2.40. The lowest BCUT2D eigenvalue weighted by atomic mass is 10.0. The smallest absolute Gasteiger partial charge is 0.347 e. The molecule has 0 saturated heterocycles. The summed E-state index contributed by atoms with van der Waals surface area (Å²) in [4.78, 5) is 11.2. The van der Waals surface area contributed by atoms with Crippen LogP contribution in [-0.2, 0) is 11.4 Å². The quantitative estimate of drug-likeness (QED) is 0.842. The van der Waals surface area contributed by atoms with Gasteiger partial charge in [0.2, 0.25) is 5.60 Å². The molecule has 2 rings (SSSR count). The number of carboxylic acid groups (broad SMARTS) is 1. The van der Waals surface area contributed by atoms with Crippen molar-refractivity contribution in [2.75, 3.05) is 0 Å². The summed E-state index contributed by atoms with van der Waals surface area (Å²) in [5, 5.41) is 9.21. The zero-order valence-electron chi connectivity index (χ0n) is 12.8. The molecule has 0 heterocycles. The van der Waals surface area contributed by atoms with Gasteiger partial charge < -0.3 is 14.6 Å². The lowest BCUT2D eigenvalue weighted by Gasteiger charge is -2.24. The first kappa shape index (κ1) is 15.9. The van der Waals surface area contributed by atoms with Crippen LogP contribution in [-0.4, -0.2) is 16.7 Å². The molecule has 0 fully saturated rings. The standard InChI is InChI=1S/C18H20O4/c1-3-18(2,17(19)20)22-16-11-9-15(10-12-16)21-13-14-7-5-4-6-8-14/h4-12H,3,13H2,1-2H3,(H,19,20). The summed E-state index contributed by atoms with van der Waals surface area (Å²) >= 11 is 0. The van der Waals surface area contributed by atoms with Gasteiger partial charge in [-0.15, -0.1) is 0 Å². The van der Waals surface area contributed by atoms with Crippen molar-refractivity contribution in [2.24, 2.45) is 0 Å². The van der Waals surface area contributed by atoms with Crippen molar-refractivity contribution >= 4 is 5.97 Å². The minimum atomic E-state index is -1.22. The van der Waals surface area contributed by atoms with Crippen LogP contribution in [0, 0.1) is 0 Å². The van der Waals surface area contributed by atoms with Gasteiger partial charge in [-0.25, -0.2) is 4.79 Å². The molecule has 22 heavy (non-hydrogen) atoms. The molecule has 0 aliphatic carbocycles. The fourth-order valence-corrected chi connectivity index (χ4v) is 1.87. The molecular formula is C18H20O4. The van der Waals surface area contributed by atoms with Crippen LogP contribution in [0.5, 0.6) is 11.5 Å². The van der Waals surface area contributed by atoms with Crippen molar-refractivity contribution in [3.05, 3.63) is 60.2 Å². The molecule has 0 aliphatic rings. The Morgan fingerprint density at radius 2 is 1.64 bits per heavy atom. The topological polar surface area (TPSA) is 55.8 Å². The number of ether oxygens (including phenoxy) is 2. The second-order valence-electron chi connectivity index (χ2n) is 5.24. The molecule has 4 nitrogen and oxygen atoms in total. The molecule has 0 spiro atoms. The van der Waals surface area contributed by atoms with Gasteiger partial charge in [-0.2, -0.15) is 0 Å². The van der Waals surface area contributed by atoms with E-state index in [0.717, 1.165) is 5.56 Å². The third kappa shape index (κ3) is 4.01. The van der Waals surface area contributed by atoms with E-state index in [9.17, 15) is 9.90 Å². The molecule has 4 heteroatoms. The average Bonchev–Trinajstić information content (AvgIpc) is 2.55. The third-order valence-corrected chi connectivity index (χ3v) is 3.54. The Morgan fingerprint density at radius 1 is 1.05 bits per heavy atom. The Labute approximate surface area is 130 Å². The fourth-order valence-electron chi connectivity index (χ4n) is 1.87. The monoisotopic (exact) mass is 300 g/mol.